The first kappa shape index (κ1) is 16.1. The number of halogens is 3. The van der Waals surface area contributed by atoms with Crippen LogP contribution in [-0.2, 0) is 12.7 Å². The lowest BCUT2D eigenvalue weighted by Crippen LogP contribution is -2.25. The van der Waals surface area contributed by atoms with Crippen molar-refractivity contribution in [2.75, 3.05) is 0 Å². The molecule has 0 radical (unpaired) electrons. The average Bonchev–Trinajstić information content (AvgIpc) is 3.15. The molecule has 0 bridgehead atoms. The van der Waals surface area contributed by atoms with E-state index in [0.717, 1.165) is 29.9 Å². The van der Waals surface area contributed by atoms with Crippen LogP contribution in [0.1, 0.15) is 30.0 Å². The molecular weight excluding hydrogens is 351 g/mol. The highest BCUT2D eigenvalue weighted by molar-refractivity contribution is 7.13. The lowest BCUT2D eigenvalue weighted by molar-refractivity contribution is -0.137. The lowest BCUT2D eigenvalue weighted by Gasteiger charge is -2.07. The molecule has 0 N–H and O–H groups in total. The van der Waals surface area contributed by atoms with Gasteiger partial charge in [-0.05, 0) is 42.0 Å². The standard InChI is InChI=1S/C17H14F3N3OS/c18-17(19,20)12-5-3-11(4-6-12)10-22-16(24)23(13-7-8-13)15(21-22)14-2-1-9-25-14/h1-6,9,13H,7-8,10H2. The molecule has 4 nitrogen and oxygen atoms in total. The van der Waals surface area contributed by atoms with Gasteiger partial charge in [-0.3, -0.25) is 4.57 Å². The van der Waals surface area contributed by atoms with E-state index in [9.17, 15) is 18.0 Å². The van der Waals surface area contributed by atoms with E-state index in [2.05, 4.69) is 5.10 Å². The normalized spacial score (nSPS) is 14.8. The number of benzene rings is 1. The largest absolute Gasteiger partial charge is 0.416 e. The first-order valence-corrected chi connectivity index (χ1v) is 8.71. The van der Waals surface area contributed by atoms with Crippen LogP contribution in [0.3, 0.4) is 0 Å². The van der Waals surface area contributed by atoms with Crippen molar-refractivity contribution in [2.24, 2.45) is 0 Å². The molecule has 0 spiro atoms. The Bertz CT molecular complexity index is 935. The van der Waals surface area contributed by atoms with Crippen molar-refractivity contribution >= 4 is 11.3 Å². The molecule has 0 aliphatic heterocycles. The minimum atomic E-state index is -4.37. The van der Waals surface area contributed by atoms with Gasteiger partial charge in [-0.2, -0.15) is 13.2 Å². The fourth-order valence-corrected chi connectivity index (χ4v) is 3.44. The third kappa shape index (κ3) is 3.13. The van der Waals surface area contributed by atoms with Crippen molar-refractivity contribution in [3.63, 3.8) is 0 Å². The van der Waals surface area contributed by atoms with E-state index in [1.54, 1.807) is 4.57 Å². The molecule has 0 amide bonds. The van der Waals surface area contributed by atoms with Crippen LogP contribution in [0, 0.1) is 0 Å². The van der Waals surface area contributed by atoms with Crippen LogP contribution in [0.15, 0.2) is 46.6 Å². The van der Waals surface area contributed by atoms with Gasteiger partial charge in [0.25, 0.3) is 0 Å². The number of alkyl halides is 3. The van der Waals surface area contributed by atoms with Crippen LogP contribution in [0.2, 0.25) is 0 Å². The minimum absolute atomic E-state index is 0.148. The zero-order chi connectivity index (χ0) is 17.6. The van der Waals surface area contributed by atoms with Crippen molar-refractivity contribution in [3.8, 4) is 10.7 Å². The Balaban J connectivity index is 1.67. The van der Waals surface area contributed by atoms with Crippen LogP contribution in [0.4, 0.5) is 13.2 Å². The zero-order valence-corrected chi connectivity index (χ0v) is 13.8. The molecule has 4 rings (SSSR count). The van der Waals surface area contributed by atoms with E-state index in [0.29, 0.717) is 11.4 Å². The summed E-state index contributed by atoms with van der Waals surface area (Å²) in [4.78, 5) is 13.6. The molecule has 2 heterocycles. The molecule has 25 heavy (non-hydrogen) atoms. The summed E-state index contributed by atoms with van der Waals surface area (Å²) in [6.45, 7) is 0.148. The van der Waals surface area contributed by atoms with E-state index in [1.807, 2.05) is 17.5 Å². The predicted molar refractivity (Wildman–Crippen MR) is 88.6 cm³/mol. The fraction of sp³-hybridized carbons (Fsp3) is 0.294. The van der Waals surface area contributed by atoms with E-state index in [-0.39, 0.29) is 18.3 Å². The molecule has 1 saturated carbocycles. The summed E-state index contributed by atoms with van der Waals surface area (Å²) in [6.07, 6.45) is -2.47. The second-order valence-electron chi connectivity index (χ2n) is 6.04. The first-order valence-electron chi connectivity index (χ1n) is 7.83. The van der Waals surface area contributed by atoms with Gasteiger partial charge in [-0.1, -0.05) is 18.2 Å². The molecule has 1 aliphatic carbocycles. The molecule has 130 valence electrons. The molecule has 2 aromatic heterocycles. The first-order chi connectivity index (χ1) is 11.9. The lowest BCUT2D eigenvalue weighted by atomic mass is 10.1. The third-order valence-electron chi connectivity index (χ3n) is 4.14. The van der Waals surface area contributed by atoms with Crippen molar-refractivity contribution in [3.05, 3.63) is 63.4 Å². The quantitative estimate of drug-likeness (QED) is 0.696. The average molecular weight is 365 g/mol. The Morgan fingerprint density at radius 1 is 1.16 bits per heavy atom. The highest BCUT2D eigenvalue weighted by atomic mass is 32.1. The highest BCUT2D eigenvalue weighted by Gasteiger charge is 2.31. The molecule has 1 fully saturated rings. The zero-order valence-electron chi connectivity index (χ0n) is 13.0. The maximum absolute atomic E-state index is 12.7. The van der Waals surface area contributed by atoms with Gasteiger partial charge in [0, 0.05) is 6.04 Å². The van der Waals surface area contributed by atoms with Crippen molar-refractivity contribution < 1.29 is 13.2 Å². The van der Waals surface area contributed by atoms with Crippen LogP contribution in [-0.4, -0.2) is 14.3 Å². The maximum atomic E-state index is 12.7. The van der Waals surface area contributed by atoms with E-state index in [4.69, 9.17) is 0 Å². The van der Waals surface area contributed by atoms with Crippen LogP contribution in [0.25, 0.3) is 10.7 Å². The molecule has 0 atom stereocenters. The second kappa shape index (κ2) is 5.87. The van der Waals surface area contributed by atoms with Gasteiger partial charge in [-0.15, -0.1) is 16.4 Å². The van der Waals surface area contributed by atoms with Gasteiger partial charge in [-0.25, -0.2) is 9.48 Å². The van der Waals surface area contributed by atoms with Gasteiger partial charge >= 0.3 is 11.9 Å². The summed E-state index contributed by atoms with van der Waals surface area (Å²) >= 11 is 1.51. The maximum Gasteiger partial charge on any atom is 0.416 e. The number of hydrogen-bond acceptors (Lipinski definition) is 3. The van der Waals surface area contributed by atoms with Gasteiger partial charge in [0.05, 0.1) is 17.0 Å². The minimum Gasteiger partial charge on any atom is -0.271 e. The molecule has 1 aromatic carbocycles. The number of thiophene rings is 1. The summed E-state index contributed by atoms with van der Waals surface area (Å²) in [5.74, 6) is 0.634. The second-order valence-corrected chi connectivity index (χ2v) is 6.98. The summed E-state index contributed by atoms with van der Waals surface area (Å²) in [6, 6.07) is 8.80. The third-order valence-corrected chi connectivity index (χ3v) is 5.00. The Labute approximate surface area is 145 Å². The number of hydrogen-bond donors (Lipinski definition) is 0. The van der Waals surface area contributed by atoms with Crippen molar-refractivity contribution in [1.29, 1.82) is 0 Å². The van der Waals surface area contributed by atoms with Crippen molar-refractivity contribution in [1.82, 2.24) is 14.3 Å². The van der Waals surface area contributed by atoms with Gasteiger partial charge in [0.2, 0.25) is 0 Å². The molecule has 3 aromatic rings. The number of aromatic nitrogens is 3. The molecule has 0 saturated heterocycles. The molecule has 8 heteroatoms. The van der Waals surface area contributed by atoms with Gasteiger partial charge in [0.1, 0.15) is 0 Å². The highest BCUT2D eigenvalue weighted by Crippen LogP contribution is 2.37. The van der Waals surface area contributed by atoms with Crippen LogP contribution >= 0.6 is 11.3 Å². The van der Waals surface area contributed by atoms with Gasteiger partial charge in [0.15, 0.2) is 5.82 Å². The summed E-state index contributed by atoms with van der Waals surface area (Å²) in [5, 5.41) is 6.36. The predicted octanol–water partition coefficient (Wildman–Crippen LogP) is 4.18. The van der Waals surface area contributed by atoms with Crippen LogP contribution < -0.4 is 5.69 Å². The van der Waals surface area contributed by atoms with Crippen molar-refractivity contribution in [2.45, 2.75) is 31.6 Å². The smallest absolute Gasteiger partial charge is 0.271 e. The Kier molecular flexibility index (Phi) is 3.79. The molecular formula is C17H14F3N3OS. The topological polar surface area (TPSA) is 39.8 Å². The summed E-state index contributed by atoms with van der Waals surface area (Å²) in [7, 11) is 0. The van der Waals surface area contributed by atoms with E-state index in [1.165, 1.54) is 28.2 Å². The Morgan fingerprint density at radius 2 is 1.88 bits per heavy atom. The Morgan fingerprint density at radius 3 is 2.44 bits per heavy atom. The number of rotatable bonds is 4. The van der Waals surface area contributed by atoms with E-state index >= 15 is 0 Å². The fourth-order valence-electron chi connectivity index (χ4n) is 2.73. The molecule has 0 unspecified atom stereocenters. The van der Waals surface area contributed by atoms with E-state index < -0.39 is 11.7 Å². The monoisotopic (exact) mass is 365 g/mol. The van der Waals surface area contributed by atoms with Gasteiger partial charge < -0.3 is 0 Å². The molecule has 1 aliphatic rings. The SMILES string of the molecule is O=c1n(Cc2ccc(C(F)(F)F)cc2)nc(-c2cccs2)n1C1CC1. The Hall–Kier alpha value is -2.35. The number of nitrogens with zero attached hydrogens (tertiary/aromatic N) is 3. The summed E-state index contributed by atoms with van der Waals surface area (Å²) < 4.78 is 41.0. The van der Waals surface area contributed by atoms with Crippen LogP contribution in [0.5, 0.6) is 0 Å². The summed E-state index contributed by atoms with van der Waals surface area (Å²) in [5.41, 5.74) is -0.314.